The Morgan fingerprint density at radius 3 is 2.49 bits per heavy atom. The number of methoxy groups -OCH3 is 1. The van der Waals surface area contributed by atoms with Gasteiger partial charge in [0.1, 0.15) is 29.6 Å². The lowest BCUT2D eigenvalue weighted by Crippen LogP contribution is -2.34. The van der Waals surface area contributed by atoms with Gasteiger partial charge in [0.25, 0.3) is 0 Å². The van der Waals surface area contributed by atoms with Crippen LogP contribution in [0.5, 0.6) is 17.4 Å². The van der Waals surface area contributed by atoms with Crippen LogP contribution in [-0.4, -0.2) is 52.8 Å². The molecule has 0 fully saturated rings. The van der Waals surface area contributed by atoms with E-state index in [1.807, 2.05) is 73.8 Å². The van der Waals surface area contributed by atoms with Gasteiger partial charge in [-0.2, -0.15) is 5.10 Å². The number of nitrogens with zero attached hydrogens (tertiary/aromatic N) is 3. The molecule has 4 rings (SSSR count). The van der Waals surface area contributed by atoms with E-state index in [1.54, 1.807) is 18.1 Å². The maximum Gasteiger partial charge on any atom is 0.222 e. The number of aliphatic hydroxyl groups excluding tert-OH is 1. The average Bonchev–Trinajstić information content (AvgIpc) is 3.53. The molecule has 192 valence electrons. The van der Waals surface area contributed by atoms with Crippen LogP contribution < -0.4 is 9.47 Å². The molecule has 4 aromatic rings. The number of aryl methyl sites for hydroxylation is 1. The fourth-order valence-electron chi connectivity index (χ4n) is 4.04. The zero-order chi connectivity index (χ0) is 26.0. The Hall–Kier alpha value is -4.03. The minimum atomic E-state index is -0.744. The smallest absolute Gasteiger partial charge is 0.222 e. The quantitative estimate of drug-likeness (QED) is 0.213. The molecule has 0 amide bonds. The third-order valence-electron chi connectivity index (χ3n) is 5.71. The molecular formula is C29H31N3O5. The normalized spacial score (nSPS) is 11.9. The van der Waals surface area contributed by atoms with E-state index in [1.165, 1.54) is 0 Å². The van der Waals surface area contributed by atoms with E-state index in [-0.39, 0.29) is 13.2 Å². The van der Waals surface area contributed by atoms with Gasteiger partial charge in [0, 0.05) is 25.7 Å². The molecule has 37 heavy (non-hydrogen) atoms. The molecule has 2 heterocycles. The van der Waals surface area contributed by atoms with Crippen molar-refractivity contribution in [3.05, 3.63) is 84.3 Å². The van der Waals surface area contributed by atoms with E-state index in [2.05, 4.69) is 10.8 Å². The Bertz CT molecular complexity index is 1280. The monoisotopic (exact) mass is 501 g/mol. The van der Waals surface area contributed by atoms with Crippen LogP contribution in [0.25, 0.3) is 11.3 Å². The van der Waals surface area contributed by atoms with Gasteiger partial charge in [0.2, 0.25) is 5.88 Å². The molecule has 0 aliphatic heterocycles. The second-order valence-electron chi connectivity index (χ2n) is 8.52. The van der Waals surface area contributed by atoms with E-state index in [9.17, 15) is 5.11 Å². The van der Waals surface area contributed by atoms with Gasteiger partial charge in [-0.25, -0.2) is 4.68 Å². The van der Waals surface area contributed by atoms with E-state index < -0.39 is 6.10 Å². The number of hydrogen-bond acceptors (Lipinski definition) is 7. The van der Waals surface area contributed by atoms with Crippen molar-refractivity contribution in [2.75, 3.05) is 26.9 Å². The van der Waals surface area contributed by atoms with Crippen LogP contribution in [0.4, 0.5) is 0 Å². The number of terminal acetylenes is 1. The molecule has 8 heteroatoms. The SMILES string of the molecule is C#CCOC[C@H](O)CN(Cc1ccco1)Cc1c(-c2ccccc2)nn(C)c1Oc1ccc(OC)cc1. The Labute approximate surface area is 217 Å². The van der Waals surface area contributed by atoms with Gasteiger partial charge in [0.05, 0.1) is 38.2 Å². The molecule has 0 radical (unpaired) electrons. The maximum atomic E-state index is 10.7. The van der Waals surface area contributed by atoms with Crippen LogP contribution in [0.15, 0.2) is 77.4 Å². The molecule has 0 bridgehead atoms. The van der Waals surface area contributed by atoms with Crippen LogP contribution in [0, 0.1) is 12.3 Å². The van der Waals surface area contributed by atoms with Crippen molar-refractivity contribution in [3.63, 3.8) is 0 Å². The zero-order valence-electron chi connectivity index (χ0n) is 21.0. The molecule has 0 aliphatic carbocycles. The zero-order valence-corrected chi connectivity index (χ0v) is 21.0. The first kappa shape index (κ1) is 26.0. The standard InChI is InChI=1S/C29H31N3O5/c1-4-16-35-21-23(33)18-32(19-26-11-8-17-36-26)20-27-28(22-9-6-5-7-10-22)30-31(2)29(27)37-25-14-12-24(34-3)13-15-25/h1,5-15,17,23,33H,16,18-21H2,2-3H3/t23-/m1/s1. The van der Waals surface area contributed by atoms with Crippen molar-refractivity contribution >= 4 is 0 Å². The number of rotatable bonds is 13. The molecule has 0 saturated heterocycles. The second kappa shape index (κ2) is 12.8. The summed E-state index contributed by atoms with van der Waals surface area (Å²) in [6, 6.07) is 21.1. The lowest BCUT2D eigenvalue weighted by Gasteiger charge is -2.24. The fourth-order valence-corrected chi connectivity index (χ4v) is 4.04. The molecule has 2 aromatic heterocycles. The van der Waals surface area contributed by atoms with Gasteiger partial charge < -0.3 is 23.7 Å². The van der Waals surface area contributed by atoms with Crippen LogP contribution in [0.1, 0.15) is 11.3 Å². The molecule has 8 nitrogen and oxygen atoms in total. The largest absolute Gasteiger partial charge is 0.497 e. The highest BCUT2D eigenvalue weighted by atomic mass is 16.5. The molecule has 2 aromatic carbocycles. The number of benzene rings is 2. The number of ether oxygens (including phenoxy) is 3. The van der Waals surface area contributed by atoms with Gasteiger partial charge >= 0.3 is 0 Å². The molecule has 1 N–H and O–H groups in total. The van der Waals surface area contributed by atoms with Crippen molar-refractivity contribution in [2.24, 2.45) is 7.05 Å². The van der Waals surface area contributed by atoms with E-state index in [0.29, 0.717) is 31.3 Å². The summed E-state index contributed by atoms with van der Waals surface area (Å²) >= 11 is 0. The Kier molecular flexibility index (Phi) is 9.00. The van der Waals surface area contributed by atoms with Gasteiger partial charge in [0.15, 0.2) is 0 Å². The summed E-state index contributed by atoms with van der Waals surface area (Å²) in [5, 5.41) is 15.5. The third kappa shape index (κ3) is 7.02. The van der Waals surface area contributed by atoms with Crippen LogP contribution >= 0.6 is 0 Å². The van der Waals surface area contributed by atoms with E-state index in [0.717, 1.165) is 28.3 Å². The lowest BCUT2D eigenvalue weighted by atomic mass is 10.1. The van der Waals surface area contributed by atoms with Crippen molar-refractivity contribution in [1.82, 2.24) is 14.7 Å². The van der Waals surface area contributed by atoms with Gasteiger partial charge in [-0.3, -0.25) is 4.90 Å². The maximum absolute atomic E-state index is 10.7. The van der Waals surface area contributed by atoms with E-state index >= 15 is 0 Å². The van der Waals surface area contributed by atoms with Gasteiger partial charge in [-0.05, 0) is 36.4 Å². The number of aromatic nitrogens is 2. The average molecular weight is 502 g/mol. The number of hydrogen-bond donors (Lipinski definition) is 1. The Balaban J connectivity index is 1.67. The Morgan fingerprint density at radius 2 is 1.81 bits per heavy atom. The molecule has 0 unspecified atom stereocenters. The summed E-state index contributed by atoms with van der Waals surface area (Å²) in [7, 11) is 3.48. The molecule has 1 atom stereocenters. The second-order valence-corrected chi connectivity index (χ2v) is 8.52. The summed E-state index contributed by atoms with van der Waals surface area (Å²) in [4.78, 5) is 2.08. The summed E-state index contributed by atoms with van der Waals surface area (Å²) in [5.74, 6) is 5.20. The van der Waals surface area contributed by atoms with Crippen LogP contribution in [0.2, 0.25) is 0 Å². The first-order chi connectivity index (χ1) is 18.1. The molecule has 0 spiro atoms. The number of aliphatic hydroxyl groups is 1. The lowest BCUT2D eigenvalue weighted by molar-refractivity contribution is 0.0229. The van der Waals surface area contributed by atoms with Crippen molar-refractivity contribution in [1.29, 1.82) is 0 Å². The van der Waals surface area contributed by atoms with Crippen LogP contribution in [0.3, 0.4) is 0 Å². The first-order valence-corrected chi connectivity index (χ1v) is 11.9. The highest BCUT2D eigenvalue weighted by Crippen LogP contribution is 2.35. The summed E-state index contributed by atoms with van der Waals surface area (Å²) < 4.78 is 24.3. The minimum absolute atomic E-state index is 0.132. The van der Waals surface area contributed by atoms with Crippen LogP contribution in [-0.2, 0) is 24.9 Å². The first-order valence-electron chi connectivity index (χ1n) is 11.9. The topological polar surface area (TPSA) is 82.1 Å². The van der Waals surface area contributed by atoms with E-state index in [4.69, 9.17) is 30.1 Å². The summed E-state index contributed by atoms with van der Waals surface area (Å²) in [5.41, 5.74) is 2.65. The summed E-state index contributed by atoms with van der Waals surface area (Å²) in [6.07, 6.45) is 6.16. The van der Waals surface area contributed by atoms with Crippen molar-refractivity contribution < 1.29 is 23.7 Å². The third-order valence-corrected chi connectivity index (χ3v) is 5.71. The predicted octanol–water partition coefficient (Wildman–Crippen LogP) is 4.49. The summed E-state index contributed by atoms with van der Waals surface area (Å²) in [6.45, 7) is 1.53. The fraction of sp³-hybridized carbons (Fsp3) is 0.276. The Morgan fingerprint density at radius 1 is 1.05 bits per heavy atom. The minimum Gasteiger partial charge on any atom is -0.497 e. The molecule has 0 saturated carbocycles. The van der Waals surface area contributed by atoms with Gasteiger partial charge in [-0.15, -0.1) is 6.42 Å². The van der Waals surface area contributed by atoms with Crippen molar-refractivity contribution in [2.45, 2.75) is 19.2 Å². The predicted molar refractivity (Wildman–Crippen MR) is 140 cm³/mol. The molecule has 0 aliphatic rings. The number of furan rings is 1. The highest BCUT2D eigenvalue weighted by molar-refractivity contribution is 5.65. The van der Waals surface area contributed by atoms with Gasteiger partial charge in [-0.1, -0.05) is 36.3 Å². The highest BCUT2D eigenvalue weighted by Gasteiger charge is 2.24. The van der Waals surface area contributed by atoms with Crippen molar-refractivity contribution in [3.8, 4) is 41.0 Å². The molecular weight excluding hydrogens is 470 g/mol.